The van der Waals surface area contributed by atoms with Crippen LogP contribution >= 0.6 is 0 Å². The van der Waals surface area contributed by atoms with E-state index in [0.29, 0.717) is 5.56 Å². The summed E-state index contributed by atoms with van der Waals surface area (Å²) in [6.07, 6.45) is -4.51. The van der Waals surface area contributed by atoms with Gasteiger partial charge >= 0.3 is 6.36 Å². The highest BCUT2D eigenvalue weighted by Gasteiger charge is 2.30. The summed E-state index contributed by atoms with van der Waals surface area (Å²) in [6.45, 7) is 4.10. The van der Waals surface area contributed by atoms with E-state index in [-0.39, 0.29) is 30.5 Å². The summed E-state index contributed by atoms with van der Waals surface area (Å²) in [5.74, 6) is -0.304. The zero-order chi connectivity index (χ0) is 14.5. The number of rotatable bonds is 6. The summed E-state index contributed by atoms with van der Waals surface area (Å²) in [5, 5.41) is 2.98. The van der Waals surface area contributed by atoms with Gasteiger partial charge in [-0.2, -0.15) is 0 Å². The number of halogens is 3. The Morgan fingerprint density at radius 2 is 1.84 bits per heavy atom. The third kappa shape index (κ3) is 6.81. The Morgan fingerprint density at radius 3 is 2.32 bits per heavy atom. The molecule has 0 saturated carbocycles. The van der Waals surface area contributed by atoms with Crippen LogP contribution in [0.25, 0.3) is 0 Å². The Labute approximate surface area is 109 Å². The van der Waals surface area contributed by atoms with Gasteiger partial charge in [-0.3, -0.25) is 4.79 Å². The molecule has 0 aromatic heterocycles. The molecule has 0 fully saturated rings. The maximum Gasteiger partial charge on any atom is 0.573 e. The molecule has 0 heterocycles. The topological polar surface area (TPSA) is 38.3 Å². The van der Waals surface area contributed by atoms with Gasteiger partial charge in [-0.1, -0.05) is 26.0 Å². The average Bonchev–Trinajstić information content (AvgIpc) is 2.27. The Kier molecular flexibility index (Phi) is 5.35. The molecule has 0 atom stereocenters. The fourth-order valence-electron chi connectivity index (χ4n) is 1.42. The average molecular weight is 275 g/mol. The van der Waals surface area contributed by atoms with Crippen molar-refractivity contribution in [2.75, 3.05) is 6.54 Å². The summed E-state index contributed by atoms with van der Waals surface area (Å²) >= 11 is 0. The van der Waals surface area contributed by atoms with Crippen LogP contribution in [0.15, 0.2) is 24.3 Å². The van der Waals surface area contributed by atoms with Crippen LogP contribution in [0.5, 0.6) is 5.75 Å². The van der Waals surface area contributed by atoms with E-state index in [9.17, 15) is 18.0 Å². The van der Waals surface area contributed by atoms with Crippen LogP contribution in [0.4, 0.5) is 13.2 Å². The highest BCUT2D eigenvalue weighted by Crippen LogP contribution is 2.22. The molecule has 0 saturated heterocycles. The Balaban J connectivity index is 2.50. The first kappa shape index (κ1) is 15.5. The van der Waals surface area contributed by atoms with Gasteiger partial charge in [0.15, 0.2) is 5.78 Å². The summed E-state index contributed by atoms with van der Waals surface area (Å²) in [6, 6.07) is 5.52. The van der Waals surface area contributed by atoms with Gasteiger partial charge in [0.1, 0.15) is 5.75 Å². The lowest BCUT2D eigenvalue weighted by molar-refractivity contribution is -0.274. The molecule has 0 unspecified atom stereocenters. The number of hydrogen-bond donors (Lipinski definition) is 1. The van der Waals surface area contributed by atoms with Crippen molar-refractivity contribution < 1.29 is 22.7 Å². The Morgan fingerprint density at radius 1 is 1.26 bits per heavy atom. The molecule has 0 spiro atoms. The minimum absolute atomic E-state index is 0.0156. The molecule has 0 aliphatic carbocycles. The van der Waals surface area contributed by atoms with Crippen LogP contribution in [0, 0.1) is 0 Å². The van der Waals surface area contributed by atoms with Crippen LogP contribution in [-0.2, 0) is 11.2 Å². The molecule has 1 aromatic carbocycles. The van der Waals surface area contributed by atoms with Crippen LogP contribution in [0.1, 0.15) is 19.4 Å². The lowest BCUT2D eigenvalue weighted by Gasteiger charge is -2.09. The normalized spacial score (nSPS) is 11.7. The smallest absolute Gasteiger partial charge is 0.406 e. The quantitative estimate of drug-likeness (QED) is 0.867. The summed E-state index contributed by atoms with van der Waals surface area (Å²) in [7, 11) is 0. The fourth-order valence-corrected chi connectivity index (χ4v) is 1.42. The number of alkyl halides is 3. The molecule has 0 aliphatic rings. The second-order valence-corrected chi connectivity index (χ2v) is 4.44. The predicted molar refractivity (Wildman–Crippen MR) is 65.0 cm³/mol. The van der Waals surface area contributed by atoms with Crippen molar-refractivity contribution in [1.82, 2.24) is 5.32 Å². The molecule has 6 heteroatoms. The molecule has 3 nitrogen and oxygen atoms in total. The van der Waals surface area contributed by atoms with Crippen molar-refractivity contribution in [3.63, 3.8) is 0 Å². The minimum Gasteiger partial charge on any atom is -0.406 e. The van der Waals surface area contributed by atoms with E-state index in [0.717, 1.165) is 0 Å². The first-order valence-corrected chi connectivity index (χ1v) is 5.86. The number of carbonyl (C=O) groups is 1. The predicted octanol–water partition coefficient (Wildman–Crippen LogP) is 2.69. The van der Waals surface area contributed by atoms with E-state index in [1.165, 1.54) is 24.3 Å². The monoisotopic (exact) mass is 275 g/mol. The number of Topliss-reactive ketones (excluding diaryl/α,β-unsaturated/α-hetero) is 1. The van der Waals surface area contributed by atoms with Crippen molar-refractivity contribution in [2.24, 2.45) is 0 Å². The summed E-state index contributed by atoms with van der Waals surface area (Å²) < 4.78 is 39.6. The first-order chi connectivity index (χ1) is 8.76. The number of carbonyl (C=O) groups excluding carboxylic acids is 1. The molecule has 19 heavy (non-hydrogen) atoms. The Bertz CT molecular complexity index is 413. The molecule has 106 valence electrons. The summed E-state index contributed by atoms with van der Waals surface area (Å²) in [4.78, 5) is 11.6. The number of nitrogens with one attached hydrogen (secondary N) is 1. The summed E-state index contributed by atoms with van der Waals surface area (Å²) in [5.41, 5.74) is 0.657. The molecule has 1 rings (SSSR count). The number of hydrogen-bond acceptors (Lipinski definition) is 3. The van der Waals surface area contributed by atoms with Gasteiger partial charge < -0.3 is 10.1 Å². The fraction of sp³-hybridized carbons (Fsp3) is 0.462. The number of ether oxygens (including phenoxy) is 1. The highest BCUT2D eigenvalue weighted by molar-refractivity contribution is 5.82. The molecule has 1 N–H and O–H groups in total. The second-order valence-electron chi connectivity index (χ2n) is 4.44. The lowest BCUT2D eigenvalue weighted by atomic mass is 10.1. The molecular weight excluding hydrogens is 259 g/mol. The van der Waals surface area contributed by atoms with E-state index in [1.807, 2.05) is 13.8 Å². The van der Waals surface area contributed by atoms with E-state index < -0.39 is 6.36 Å². The molecule has 0 bridgehead atoms. The standard InChI is InChI=1S/C13H16F3NO2/c1-9(2)17-8-11(18)7-10-3-5-12(6-4-10)19-13(14,15)16/h3-6,9,17H,7-8H2,1-2H3. The molecule has 1 aromatic rings. The van der Waals surface area contributed by atoms with E-state index in [2.05, 4.69) is 10.1 Å². The maximum atomic E-state index is 11.9. The van der Waals surface area contributed by atoms with Crippen molar-refractivity contribution in [2.45, 2.75) is 32.7 Å². The van der Waals surface area contributed by atoms with Crippen molar-refractivity contribution in [1.29, 1.82) is 0 Å². The van der Waals surface area contributed by atoms with Gasteiger partial charge in [0.25, 0.3) is 0 Å². The molecule has 0 amide bonds. The van der Waals surface area contributed by atoms with Crippen molar-refractivity contribution in [3.8, 4) is 5.75 Å². The third-order valence-electron chi connectivity index (χ3n) is 2.27. The van der Waals surface area contributed by atoms with Gasteiger partial charge in [0, 0.05) is 12.5 Å². The molecule has 0 radical (unpaired) electrons. The van der Waals surface area contributed by atoms with Gasteiger partial charge in [0.05, 0.1) is 6.54 Å². The van der Waals surface area contributed by atoms with Gasteiger partial charge in [0.2, 0.25) is 0 Å². The van der Waals surface area contributed by atoms with Crippen LogP contribution in [0.2, 0.25) is 0 Å². The Hall–Kier alpha value is -1.56. The number of benzene rings is 1. The van der Waals surface area contributed by atoms with E-state index in [1.54, 1.807) is 0 Å². The number of ketones is 1. The zero-order valence-corrected chi connectivity index (χ0v) is 10.8. The first-order valence-electron chi connectivity index (χ1n) is 5.86. The minimum atomic E-state index is -4.70. The third-order valence-corrected chi connectivity index (χ3v) is 2.27. The highest BCUT2D eigenvalue weighted by atomic mass is 19.4. The van der Waals surface area contributed by atoms with Crippen LogP contribution in [-0.4, -0.2) is 24.7 Å². The van der Waals surface area contributed by atoms with Crippen LogP contribution < -0.4 is 10.1 Å². The zero-order valence-electron chi connectivity index (χ0n) is 10.8. The molecule has 0 aliphatic heterocycles. The lowest BCUT2D eigenvalue weighted by Crippen LogP contribution is -2.29. The van der Waals surface area contributed by atoms with Gasteiger partial charge in [-0.05, 0) is 17.7 Å². The van der Waals surface area contributed by atoms with Gasteiger partial charge in [-0.15, -0.1) is 13.2 Å². The molecular formula is C13H16F3NO2. The maximum absolute atomic E-state index is 11.9. The van der Waals surface area contributed by atoms with Crippen molar-refractivity contribution in [3.05, 3.63) is 29.8 Å². The van der Waals surface area contributed by atoms with E-state index in [4.69, 9.17) is 0 Å². The van der Waals surface area contributed by atoms with Crippen molar-refractivity contribution >= 4 is 5.78 Å². The largest absolute Gasteiger partial charge is 0.573 e. The van der Waals surface area contributed by atoms with Crippen LogP contribution in [0.3, 0.4) is 0 Å². The SMILES string of the molecule is CC(C)NCC(=O)Cc1ccc(OC(F)(F)F)cc1. The van der Waals surface area contributed by atoms with Gasteiger partial charge in [-0.25, -0.2) is 0 Å². The second kappa shape index (κ2) is 6.56. The van der Waals surface area contributed by atoms with E-state index >= 15 is 0 Å².